The third-order valence-corrected chi connectivity index (χ3v) is 4.48. The SMILES string of the molecule is Cc1cc(C)c2nc(C(F)(F)F)nc(NC(C)CCc3ccccc3)c2c1. The molecule has 2 aromatic carbocycles. The minimum absolute atomic E-state index is 0.0368. The van der Waals surface area contributed by atoms with Gasteiger partial charge in [-0.3, -0.25) is 0 Å². The first-order valence-electron chi connectivity index (χ1n) is 8.90. The average Bonchev–Trinajstić information content (AvgIpc) is 2.60. The molecule has 0 aliphatic heterocycles. The number of rotatable bonds is 5. The molecule has 0 fully saturated rings. The molecule has 3 nitrogen and oxygen atoms in total. The van der Waals surface area contributed by atoms with Crippen molar-refractivity contribution >= 4 is 16.7 Å². The van der Waals surface area contributed by atoms with Crippen molar-refractivity contribution in [1.29, 1.82) is 0 Å². The van der Waals surface area contributed by atoms with E-state index < -0.39 is 12.0 Å². The van der Waals surface area contributed by atoms with Crippen LogP contribution in [0.3, 0.4) is 0 Å². The molecule has 1 heterocycles. The van der Waals surface area contributed by atoms with Gasteiger partial charge >= 0.3 is 6.18 Å². The van der Waals surface area contributed by atoms with Crippen LogP contribution in [0.4, 0.5) is 19.0 Å². The van der Waals surface area contributed by atoms with Gasteiger partial charge in [0.2, 0.25) is 5.82 Å². The van der Waals surface area contributed by atoms with E-state index in [9.17, 15) is 13.2 Å². The Labute approximate surface area is 156 Å². The van der Waals surface area contributed by atoms with E-state index in [1.54, 1.807) is 6.92 Å². The minimum atomic E-state index is -4.59. The molecule has 27 heavy (non-hydrogen) atoms. The maximum atomic E-state index is 13.3. The summed E-state index contributed by atoms with van der Waals surface area (Å²) in [5.41, 5.74) is 3.20. The second kappa shape index (κ2) is 7.55. The third kappa shape index (κ3) is 4.56. The Morgan fingerprint density at radius 1 is 1.04 bits per heavy atom. The van der Waals surface area contributed by atoms with Crippen molar-refractivity contribution in [1.82, 2.24) is 9.97 Å². The van der Waals surface area contributed by atoms with Gasteiger partial charge in [0.15, 0.2) is 0 Å². The van der Waals surface area contributed by atoms with Gasteiger partial charge in [0.25, 0.3) is 0 Å². The van der Waals surface area contributed by atoms with E-state index in [4.69, 9.17) is 0 Å². The summed E-state index contributed by atoms with van der Waals surface area (Å²) in [5, 5.41) is 3.79. The Balaban J connectivity index is 1.91. The lowest BCUT2D eigenvalue weighted by Crippen LogP contribution is -2.20. The summed E-state index contributed by atoms with van der Waals surface area (Å²) < 4.78 is 39.8. The predicted molar refractivity (Wildman–Crippen MR) is 102 cm³/mol. The van der Waals surface area contributed by atoms with Gasteiger partial charge in [0.1, 0.15) is 5.82 Å². The van der Waals surface area contributed by atoms with Crippen LogP contribution in [0.15, 0.2) is 42.5 Å². The molecule has 0 aliphatic rings. The summed E-state index contributed by atoms with van der Waals surface area (Å²) in [5.74, 6) is -0.876. The Hall–Kier alpha value is -2.63. The van der Waals surface area contributed by atoms with E-state index in [2.05, 4.69) is 15.3 Å². The molecule has 0 radical (unpaired) electrons. The lowest BCUT2D eigenvalue weighted by atomic mass is 10.0. The fraction of sp³-hybridized carbons (Fsp3) is 0.333. The van der Waals surface area contributed by atoms with Crippen molar-refractivity contribution in [2.75, 3.05) is 5.32 Å². The number of hydrogen-bond donors (Lipinski definition) is 1. The van der Waals surface area contributed by atoms with E-state index in [0.29, 0.717) is 16.5 Å². The van der Waals surface area contributed by atoms with Gasteiger partial charge in [-0.15, -0.1) is 0 Å². The lowest BCUT2D eigenvalue weighted by molar-refractivity contribution is -0.144. The van der Waals surface area contributed by atoms with Gasteiger partial charge in [-0.2, -0.15) is 13.2 Å². The molecule has 1 atom stereocenters. The van der Waals surface area contributed by atoms with E-state index in [1.165, 1.54) is 5.56 Å². The summed E-state index contributed by atoms with van der Waals surface area (Å²) >= 11 is 0. The van der Waals surface area contributed by atoms with Gasteiger partial charge in [-0.05, 0) is 56.4 Å². The summed E-state index contributed by atoms with van der Waals surface area (Å²) in [6.07, 6.45) is -2.97. The number of hydrogen-bond acceptors (Lipinski definition) is 3. The first-order valence-corrected chi connectivity index (χ1v) is 8.90. The normalized spacial score (nSPS) is 13.0. The van der Waals surface area contributed by atoms with Crippen LogP contribution < -0.4 is 5.32 Å². The number of halogens is 3. The van der Waals surface area contributed by atoms with Crippen LogP contribution in [0, 0.1) is 13.8 Å². The molecule has 0 bridgehead atoms. The van der Waals surface area contributed by atoms with Crippen LogP contribution in [0.2, 0.25) is 0 Å². The number of nitrogens with one attached hydrogen (secondary N) is 1. The van der Waals surface area contributed by atoms with Crippen molar-refractivity contribution < 1.29 is 13.2 Å². The smallest absolute Gasteiger partial charge is 0.367 e. The minimum Gasteiger partial charge on any atom is -0.367 e. The molecule has 6 heteroatoms. The van der Waals surface area contributed by atoms with Gasteiger partial charge in [-0.25, -0.2) is 9.97 Å². The predicted octanol–water partition coefficient (Wildman–Crippen LogP) is 5.70. The van der Waals surface area contributed by atoms with Crippen molar-refractivity contribution in [3.8, 4) is 0 Å². The number of benzene rings is 2. The highest BCUT2D eigenvalue weighted by molar-refractivity contribution is 5.92. The van der Waals surface area contributed by atoms with Crippen LogP contribution in [0.5, 0.6) is 0 Å². The van der Waals surface area contributed by atoms with Crippen molar-refractivity contribution in [3.05, 3.63) is 65.0 Å². The van der Waals surface area contributed by atoms with Crippen LogP contribution >= 0.6 is 0 Å². The molecule has 0 spiro atoms. The maximum absolute atomic E-state index is 13.3. The topological polar surface area (TPSA) is 37.8 Å². The van der Waals surface area contributed by atoms with Crippen molar-refractivity contribution in [2.45, 2.75) is 45.8 Å². The Morgan fingerprint density at radius 2 is 1.74 bits per heavy atom. The first-order chi connectivity index (χ1) is 12.7. The van der Waals surface area contributed by atoms with Crippen molar-refractivity contribution in [3.63, 3.8) is 0 Å². The van der Waals surface area contributed by atoms with Crippen molar-refractivity contribution in [2.24, 2.45) is 0 Å². The van der Waals surface area contributed by atoms with E-state index in [-0.39, 0.29) is 11.9 Å². The van der Waals surface area contributed by atoms with Crippen LogP contribution in [0.25, 0.3) is 10.9 Å². The largest absolute Gasteiger partial charge is 0.451 e. The molecule has 1 unspecified atom stereocenters. The Morgan fingerprint density at radius 3 is 2.41 bits per heavy atom. The molecule has 3 aromatic rings. The number of aryl methyl sites for hydroxylation is 3. The number of alkyl halides is 3. The third-order valence-electron chi connectivity index (χ3n) is 4.48. The zero-order chi connectivity index (χ0) is 19.6. The second-order valence-corrected chi connectivity index (χ2v) is 6.94. The second-order valence-electron chi connectivity index (χ2n) is 6.94. The fourth-order valence-corrected chi connectivity index (χ4v) is 3.16. The Bertz CT molecular complexity index is 937. The molecule has 142 valence electrons. The molecular weight excluding hydrogens is 351 g/mol. The molecule has 3 rings (SSSR count). The van der Waals surface area contributed by atoms with Crippen LogP contribution in [-0.4, -0.2) is 16.0 Å². The van der Waals surface area contributed by atoms with E-state index in [1.807, 2.05) is 56.3 Å². The van der Waals surface area contributed by atoms with E-state index in [0.717, 1.165) is 18.4 Å². The highest BCUT2D eigenvalue weighted by Crippen LogP contribution is 2.32. The summed E-state index contributed by atoms with van der Waals surface area (Å²) in [7, 11) is 0. The number of nitrogens with zero attached hydrogens (tertiary/aromatic N) is 2. The standard InChI is InChI=1S/C21H22F3N3/c1-13-11-14(2)18-17(12-13)19(27-20(26-18)21(22,23)24)25-15(3)9-10-16-7-5-4-6-8-16/h4-8,11-12,15H,9-10H2,1-3H3,(H,25,26,27). The molecule has 0 saturated carbocycles. The summed E-state index contributed by atoms with van der Waals surface area (Å²) in [4.78, 5) is 7.57. The molecular formula is C21H22F3N3. The zero-order valence-corrected chi connectivity index (χ0v) is 15.6. The van der Waals surface area contributed by atoms with Gasteiger partial charge in [0.05, 0.1) is 5.52 Å². The van der Waals surface area contributed by atoms with Crippen LogP contribution in [-0.2, 0) is 12.6 Å². The summed E-state index contributed by atoms with van der Waals surface area (Å²) in [6, 6.07) is 13.6. The molecule has 1 aromatic heterocycles. The average molecular weight is 373 g/mol. The quantitative estimate of drug-likeness (QED) is 0.623. The zero-order valence-electron chi connectivity index (χ0n) is 15.6. The monoisotopic (exact) mass is 373 g/mol. The van der Waals surface area contributed by atoms with Gasteiger partial charge in [-0.1, -0.05) is 36.4 Å². The Kier molecular flexibility index (Phi) is 5.35. The maximum Gasteiger partial charge on any atom is 0.451 e. The lowest BCUT2D eigenvalue weighted by Gasteiger charge is -2.18. The highest BCUT2D eigenvalue weighted by atomic mass is 19.4. The molecule has 0 saturated heterocycles. The van der Waals surface area contributed by atoms with Gasteiger partial charge < -0.3 is 5.32 Å². The molecule has 1 N–H and O–H groups in total. The number of aromatic nitrogens is 2. The number of anilines is 1. The van der Waals surface area contributed by atoms with Crippen LogP contribution in [0.1, 0.15) is 35.9 Å². The summed E-state index contributed by atoms with van der Waals surface area (Å²) in [6.45, 7) is 5.63. The van der Waals surface area contributed by atoms with Gasteiger partial charge in [0, 0.05) is 11.4 Å². The highest BCUT2D eigenvalue weighted by Gasteiger charge is 2.35. The van der Waals surface area contributed by atoms with E-state index >= 15 is 0 Å². The molecule has 0 aliphatic carbocycles. The molecule has 0 amide bonds. The number of fused-ring (bicyclic) bond motifs is 1. The first kappa shape index (κ1) is 19.1. The fourth-order valence-electron chi connectivity index (χ4n) is 3.16.